The van der Waals surface area contributed by atoms with E-state index in [1.54, 1.807) is 35.7 Å². The highest BCUT2D eigenvalue weighted by molar-refractivity contribution is 7.99. The molecule has 3 rings (SSSR count). The summed E-state index contributed by atoms with van der Waals surface area (Å²) in [7, 11) is 0. The van der Waals surface area contributed by atoms with Gasteiger partial charge in [-0.15, -0.1) is 17.9 Å². The van der Waals surface area contributed by atoms with Gasteiger partial charge in [0.05, 0.1) is 11.1 Å². The third-order valence-electron chi connectivity index (χ3n) is 3.61. The van der Waals surface area contributed by atoms with E-state index in [1.807, 2.05) is 17.5 Å². The monoisotopic (exact) mass is 386 g/mol. The van der Waals surface area contributed by atoms with Crippen molar-refractivity contribution in [1.82, 2.24) is 19.9 Å². The molecule has 1 N–H and O–H groups in total. The summed E-state index contributed by atoms with van der Waals surface area (Å²) < 4.78 is 1.51. The summed E-state index contributed by atoms with van der Waals surface area (Å²) in [5, 5.41) is 5.83. The number of thioether (sulfide) groups is 1. The van der Waals surface area contributed by atoms with Crippen LogP contribution in [0.2, 0.25) is 0 Å². The maximum atomic E-state index is 12.6. The van der Waals surface area contributed by atoms with Crippen LogP contribution in [0.4, 0.5) is 0 Å². The van der Waals surface area contributed by atoms with Gasteiger partial charge in [0.1, 0.15) is 0 Å². The van der Waals surface area contributed by atoms with Gasteiger partial charge in [-0.2, -0.15) is 0 Å². The number of carbonyl (C=O) groups is 1. The number of aromatic nitrogens is 3. The number of allylic oxidation sites excluding steroid dienone is 1. The highest BCUT2D eigenvalue weighted by Gasteiger charge is 2.13. The van der Waals surface area contributed by atoms with Gasteiger partial charge in [-0.1, -0.05) is 23.9 Å². The van der Waals surface area contributed by atoms with E-state index < -0.39 is 0 Å². The Balaban J connectivity index is 1.67. The van der Waals surface area contributed by atoms with Crippen molar-refractivity contribution in [3.63, 3.8) is 0 Å². The Hall–Kier alpha value is -2.45. The minimum atomic E-state index is -0.177. The molecule has 1 amide bonds. The van der Waals surface area contributed by atoms with E-state index in [0.717, 1.165) is 6.42 Å². The number of rotatable bonds is 8. The standard InChI is InChI=1S/C18H18N4O2S2/c1-2-10-22-17(24)14-6-3-8-20-16(14)21-18(22)26-12-15(23)19-9-7-13-5-4-11-25-13/h2-6,8,11H,1,7,9-10,12H2,(H,19,23). The molecular weight excluding hydrogens is 368 g/mol. The first-order chi connectivity index (χ1) is 12.7. The molecule has 0 bridgehead atoms. The number of fused-ring (bicyclic) bond motifs is 1. The van der Waals surface area contributed by atoms with Crippen LogP contribution in [0.25, 0.3) is 11.0 Å². The van der Waals surface area contributed by atoms with Gasteiger partial charge in [0.25, 0.3) is 5.56 Å². The number of amides is 1. The lowest BCUT2D eigenvalue weighted by molar-refractivity contribution is -0.118. The Labute approximate surface area is 159 Å². The summed E-state index contributed by atoms with van der Waals surface area (Å²) in [4.78, 5) is 34.5. The minimum absolute atomic E-state index is 0.0907. The lowest BCUT2D eigenvalue weighted by Gasteiger charge is -2.11. The van der Waals surface area contributed by atoms with E-state index in [1.165, 1.54) is 21.2 Å². The maximum absolute atomic E-state index is 12.6. The zero-order valence-electron chi connectivity index (χ0n) is 14.1. The molecule has 0 spiro atoms. The first-order valence-corrected chi connectivity index (χ1v) is 9.94. The van der Waals surface area contributed by atoms with Crippen LogP contribution in [-0.4, -0.2) is 32.7 Å². The highest BCUT2D eigenvalue weighted by Crippen LogP contribution is 2.16. The van der Waals surface area contributed by atoms with Crippen LogP contribution >= 0.6 is 23.1 Å². The number of thiophene rings is 1. The molecule has 3 aromatic rings. The number of nitrogens with zero attached hydrogens (tertiary/aromatic N) is 3. The van der Waals surface area contributed by atoms with Gasteiger partial charge in [0.2, 0.25) is 5.91 Å². The second-order valence-electron chi connectivity index (χ2n) is 5.44. The summed E-state index contributed by atoms with van der Waals surface area (Å²) in [6.07, 6.45) is 4.04. The van der Waals surface area contributed by atoms with Crippen LogP contribution < -0.4 is 10.9 Å². The fourth-order valence-electron chi connectivity index (χ4n) is 2.40. The molecule has 3 heterocycles. The van der Waals surface area contributed by atoms with Crippen LogP contribution in [0.1, 0.15) is 4.88 Å². The molecule has 8 heteroatoms. The Bertz CT molecular complexity index is 967. The third-order valence-corrected chi connectivity index (χ3v) is 5.52. The van der Waals surface area contributed by atoms with Crippen molar-refractivity contribution in [2.24, 2.45) is 0 Å². The van der Waals surface area contributed by atoms with E-state index in [9.17, 15) is 9.59 Å². The van der Waals surface area contributed by atoms with Crippen molar-refractivity contribution >= 4 is 40.0 Å². The van der Waals surface area contributed by atoms with Crippen molar-refractivity contribution in [2.45, 2.75) is 18.1 Å². The Morgan fingerprint density at radius 2 is 2.27 bits per heavy atom. The van der Waals surface area contributed by atoms with Crippen molar-refractivity contribution in [2.75, 3.05) is 12.3 Å². The van der Waals surface area contributed by atoms with E-state index in [-0.39, 0.29) is 17.2 Å². The largest absolute Gasteiger partial charge is 0.355 e. The Morgan fingerprint density at radius 3 is 3.04 bits per heavy atom. The van der Waals surface area contributed by atoms with Crippen LogP contribution in [0.5, 0.6) is 0 Å². The van der Waals surface area contributed by atoms with Crippen LogP contribution in [0, 0.1) is 0 Å². The number of hydrogen-bond donors (Lipinski definition) is 1. The van der Waals surface area contributed by atoms with Gasteiger partial charge in [-0.25, -0.2) is 9.97 Å². The van der Waals surface area contributed by atoms with Crippen LogP contribution in [-0.2, 0) is 17.8 Å². The Kier molecular flexibility index (Phi) is 6.19. The quantitative estimate of drug-likeness (QED) is 0.366. The molecule has 0 aliphatic rings. The van der Waals surface area contributed by atoms with Crippen molar-refractivity contribution in [1.29, 1.82) is 0 Å². The molecule has 0 fully saturated rings. The van der Waals surface area contributed by atoms with Gasteiger partial charge in [-0.3, -0.25) is 14.2 Å². The molecule has 0 unspecified atom stereocenters. The second-order valence-corrected chi connectivity index (χ2v) is 7.42. The zero-order chi connectivity index (χ0) is 18.4. The number of pyridine rings is 1. The van der Waals surface area contributed by atoms with Crippen LogP contribution in [0.3, 0.4) is 0 Å². The minimum Gasteiger partial charge on any atom is -0.355 e. The average Bonchev–Trinajstić information content (AvgIpc) is 3.16. The van der Waals surface area contributed by atoms with Gasteiger partial charge in [-0.05, 0) is 30.0 Å². The van der Waals surface area contributed by atoms with E-state index >= 15 is 0 Å². The fourth-order valence-corrected chi connectivity index (χ4v) is 3.93. The normalized spacial score (nSPS) is 10.8. The van der Waals surface area contributed by atoms with Gasteiger partial charge >= 0.3 is 0 Å². The Morgan fingerprint density at radius 1 is 1.38 bits per heavy atom. The molecule has 0 atom stereocenters. The summed E-state index contributed by atoms with van der Waals surface area (Å²) in [6.45, 7) is 4.61. The molecule has 0 aliphatic heterocycles. The predicted octanol–water partition coefficient (Wildman–Crippen LogP) is 2.49. The molecule has 0 aliphatic carbocycles. The third kappa shape index (κ3) is 4.39. The molecule has 0 aromatic carbocycles. The first-order valence-electron chi connectivity index (χ1n) is 8.07. The average molecular weight is 387 g/mol. The van der Waals surface area contributed by atoms with Crippen LogP contribution in [0.15, 0.2) is 58.4 Å². The SMILES string of the molecule is C=CCn1c(SCC(=O)NCCc2cccs2)nc2ncccc2c1=O. The zero-order valence-corrected chi connectivity index (χ0v) is 15.7. The second kappa shape index (κ2) is 8.77. The molecule has 0 saturated heterocycles. The predicted molar refractivity (Wildman–Crippen MR) is 106 cm³/mol. The molecule has 3 aromatic heterocycles. The summed E-state index contributed by atoms with van der Waals surface area (Å²) >= 11 is 2.90. The molecular formula is C18H18N4O2S2. The molecule has 134 valence electrons. The summed E-state index contributed by atoms with van der Waals surface area (Å²) in [6, 6.07) is 7.45. The number of hydrogen-bond acceptors (Lipinski definition) is 6. The number of carbonyl (C=O) groups excluding carboxylic acids is 1. The van der Waals surface area contributed by atoms with Gasteiger partial charge in [0, 0.05) is 24.2 Å². The first kappa shape index (κ1) is 18.3. The maximum Gasteiger partial charge on any atom is 0.263 e. The smallest absolute Gasteiger partial charge is 0.263 e. The molecule has 0 radical (unpaired) electrons. The lowest BCUT2D eigenvalue weighted by Crippen LogP contribution is -2.28. The summed E-state index contributed by atoms with van der Waals surface area (Å²) in [5.41, 5.74) is 0.210. The molecule has 26 heavy (non-hydrogen) atoms. The van der Waals surface area contributed by atoms with E-state index in [4.69, 9.17) is 0 Å². The topological polar surface area (TPSA) is 76.9 Å². The molecule has 6 nitrogen and oxygen atoms in total. The van der Waals surface area contributed by atoms with Crippen molar-refractivity contribution in [3.8, 4) is 0 Å². The molecule has 0 saturated carbocycles. The highest BCUT2D eigenvalue weighted by atomic mass is 32.2. The van der Waals surface area contributed by atoms with E-state index in [0.29, 0.717) is 29.3 Å². The lowest BCUT2D eigenvalue weighted by atomic mass is 10.3. The van der Waals surface area contributed by atoms with Crippen molar-refractivity contribution < 1.29 is 4.79 Å². The van der Waals surface area contributed by atoms with Crippen molar-refractivity contribution in [3.05, 3.63) is 63.7 Å². The van der Waals surface area contributed by atoms with E-state index in [2.05, 4.69) is 21.9 Å². The van der Waals surface area contributed by atoms with Gasteiger partial charge < -0.3 is 5.32 Å². The van der Waals surface area contributed by atoms with Gasteiger partial charge in [0.15, 0.2) is 10.8 Å². The fraction of sp³-hybridized carbons (Fsp3) is 0.222. The number of nitrogens with one attached hydrogen (secondary N) is 1. The summed E-state index contributed by atoms with van der Waals surface area (Å²) in [5.74, 6) is 0.0962.